The minimum absolute atomic E-state index is 0.115. The van der Waals surface area contributed by atoms with Gasteiger partial charge in [0, 0.05) is 6.42 Å². The van der Waals surface area contributed by atoms with Crippen molar-refractivity contribution in [3.8, 4) is 0 Å². The Hall–Kier alpha value is -4.41. The molecule has 0 fully saturated rings. The highest BCUT2D eigenvalue weighted by Gasteiger charge is 2.37. The number of ketones is 1. The van der Waals surface area contributed by atoms with Crippen molar-refractivity contribution in [1.29, 1.82) is 0 Å². The summed E-state index contributed by atoms with van der Waals surface area (Å²) in [5.74, 6) is -1.98. The van der Waals surface area contributed by atoms with Crippen LogP contribution in [0.3, 0.4) is 0 Å². The van der Waals surface area contributed by atoms with E-state index < -0.39 is 11.9 Å². The molecule has 5 rings (SSSR count). The highest BCUT2D eigenvalue weighted by Crippen LogP contribution is 2.25. The van der Waals surface area contributed by atoms with Crippen LogP contribution < -0.4 is 5.73 Å². The minimum atomic E-state index is -1.84. The van der Waals surface area contributed by atoms with Crippen LogP contribution in [0.25, 0.3) is 5.52 Å². The van der Waals surface area contributed by atoms with E-state index in [2.05, 4.69) is 10.1 Å². The summed E-state index contributed by atoms with van der Waals surface area (Å²) >= 11 is 0. The summed E-state index contributed by atoms with van der Waals surface area (Å²) in [6.45, 7) is 0.346. The number of hydrogen-bond acceptors (Lipinski definition) is 8. The maximum absolute atomic E-state index is 13.9. The third kappa shape index (κ3) is 7.41. The summed E-state index contributed by atoms with van der Waals surface area (Å²) in [7, 11) is 0. The van der Waals surface area contributed by atoms with E-state index in [9.17, 15) is 9.90 Å². The molecule has 1 unspecified atom stereocenters. The fraction of sp³-hybridized carbons (Fsp3) is 0.219. The van der Waals surface area contributed by atoms with Crippen molar-refractivity contribution in [3.05, 3.63) is 132 Å². The molecule has 0 saturated heterocycles. The van der Waals surface area contributed by atoms with Gasteiger partial charge in [0.05, 0.1) is 19.8 Å². The maximum atomic E-state index is 13.9. The molecule has 2 heterocycles. The molecule has 0 saturated carbocycles. The zero-order valence-electron chi connectivity index (χ0n) is 22.5. The Morgan fingerprint density at radius 1 is 0.829 bits per heavy atom. The third-order valence-electron chi connectivity index (χ3n) is 6.61. The molecule has 3 N–H and O–H groups in total. The van der Waals surface area contributed by atoms with Gasteiger partial charge in [-0.3, -0.25) is 4.79 Å². The molecule has 0 bridgehead atoms. The lowest BCUT2D eigenvalue weighted by molar-refractivity contribution is -0.253. The first-order valence-electron chi connectivity index (χ1n) is 13.3. The van der Waals surface area contributed by atoms with Crippen molar-refractivity contribution in [2.45, 2.75) is 38.1 Å². The predicted octanol–water partition coefficient (Wildman–Crippen LogP) is 4.59. The second-order valence-electron chi connectivity index (χ2n) is 9.71. The van der Waals surface area contributed by atoms with Crippen LogP contribution in [0.15, 0.2) is 109 Å². The first kappa shape index (κ1) is 28.1. The fourth-order valence-electron chi connectivity index (χ4n) is 4.45. The summed E-state index contributed by atoms with van der Waals surface area (Å²) in [5, 5.41) is 16.0. The van der Waals surface area contributed by atoms with E-state index >= 15 is 0 Å². The lowest BCUT2D eigenvalue weighted by Gasteiger charge is -2.31. The number of carbonyl (C=O) groups excluding carboxylic acids is 1. The quantitative estimate of drug-likeness (QED) is 0.152. The molecule has 0 amide bonds. The molecule has 210 valence electrons. The molecule has 3 aromatic carbocycles. The Balaban J connectivity index is 1.40. The van der Waals surface area contributed by atoms with Gasteiger partial charge in [-0.05, 0) is 28.8 Å². The van der Waals surface area contributed by atoms with Gasteiger partial charge < -0.3 is 25.1 Å². The number of benzene rings is 3. The van der Waals surface area contributed by atoms with Gasteiger partial charge in [0.1, 0.15) is 30.2 Å². The topological polar surface area (TPSA) is 121 Å². The van der Waals surface area contributed by atoms with Gasteiger partial charge >= 0.3 is 0 Å². The zero-order valence-corrected chi connectivity index (χ0v) is 22.5. The molecule has 41 heavy (non-hydrogen) atoms. The number of carbonyl (C=O) groups is 1. The van der Waals surface area contributed by atoms with E-state index in [4.69, 9.17) is 19.9 Å². The summed E-state index contributed by atoms with van der Waals surface area (Å²) in [6.07, 6.45) is 0.00892. The van der Waals surface area contributed by atoms with Gasteiger partial charge in [-0.25, -0.2) is 9.50 Å². The van der Waals surface area contributed by atoms with Crippen molar-refractivity contribution in [1.82, 2.24) is 14.6 Å². The van der Waals surface area contributed by atoms with Crippen molar-refractivity contribution in [3.63, 3.8) is 0 Å². The van der Waals surface area contributed by atoms with Gasteiger partial charge in [0.15, 0.2) is 11.6 Å². The van der Waals surface area contributed by atoms with Gasteiger partial charge in [-0.1, -0.05) is 91.0 Å². The maximum Gasteiger partial charge on any atom is 0.210 e. The van der Waals surface area contributed by atoms with E-state index in [1.54, 1.807) is 12.1 Å². The highest BCUT2D eigenvalue weighted by atomic mass is 16.6. The van der Waals surface area contributed by atoms with E-state index in [-0.39, 0.29) is 50.1 Å². The first-order valence-corrected chi connectivity index (χ1v) is 13.3. The highest BCUT2D eigenvalue weighted by molar-refractivity contribution is 5.99. The third-order valence-corrected chi connectivity index (χ3v) is 6.61. The van der Waals surface area contributed by atoms with Gasteiger partial charge in [0.2, 0.25) is 5.78 Å². The number of rotatable bonds is 14. The number of nitrogen functional groups attached to an aromatic ring is 1. The molecule has 0 aliphatic rings. The molecule has 0 aliphatic heterocycles. The van der Waals surface area contributed by atoms with Crippen LogP contribution in [0, 0.1) is 0 Å². The van der Waals surface area contributed by atoms with Crippen LogP contribution in [0.1, 0.15) is 33.6 Å². The van der Waals surface area contributed by atoms with Crippen LogP contribution in [-0.4, -0.2) is 44.0 Å². The van der Waals surface area contributed by atoms with Crippen molar-refractivity contribution in [2.24, 2.45) is 0 Å². The van der Waals surface area contributed by atoms with E-state index in [1.807, 2.05) is 91.0 Å². The average Bonchev–Trinajstić information content (AvgIpc) is 3.45. The molecule has 2 atom stereocenters. The second-order valence-corrected chi connectivity index (χ2v) is 9.71. The van der Waals surface area contributed by atoms with Gasteiger partial charge in [-0.15, -0.1) is 0 Å². The van der Waals surface area contributed by atoms with Crippen LogP contribution in [-0.2, 0) is 34.0 Å². The Kier molecular flexibility index (Phi) is 9.12. The minimum Gasteiger partial charge on any atom is -0.382 e. The molecule has 2 aromatic heterocycles. The molecule has 0 aliphatic carbocycles. The van der Waals surface area contributed by atoms with Crippen LogP contribution in [0.2, 0.25) is 0 Å². The molecular formula is C32H32N4O5. The summed E-state index contributed by atoms with van der Waals surface area (Å²) in [6, 6.07) is 31.9. The summed E-state index contributed by atoms with van der Waals surface area (Å²) in [5.41, 5.74) is 9.44. The Bertz CT molecular complexity index is 1550. The van der Waals surface area contributed by atoms with Crippen molar-refractivity contribution >= 4 is 17.1 Å². The van der Waals surface area contributed by atoms with E-state index in [0.717, 1.165) is 16.7 Å². The molecule has 9 nitrogen and oxygen atoms in total. The Labute approximate surface area is 238 Å². The number of hydrogen-bond donors (Lipinski definition) is 2. The van der Waals surface area contributed by atoms with Gasteiger partial charge in [0.25, 0.3) is 0 Å². The number of Topliss-reactive ketones (excluding diaryl/α,β-unsaturated/α-hetero) is 1. The number of fused-ring (bicyclic) bond motifs is 1. The number of ether oxygens (including phenoxy) is 3. The monoisotopic (exact) mass is 552 g/mol. The number of anilines is 1. The van der Waals surface area contributed by atoms with Crippen LogP contribution >= 0.6 is 0 Å². The normalized spacial score (nSPS) is 13.6. The SMILES string of the molecule is Nc1ncnn2c(C(=O)[C@@H](CC(O)(COCc3ccccc3)OCc3ccccc3)OCc3ccccc3)ccc12. The molecule has 0 radical (unpaired) electrons. The number of aliphatic hydroxyl groups is 1. The van der Waals surface area contributed by atoms with Crippen molar-refractivity contribution in [2.75, 3.05) is 12.3 Å². The van der Waals surface area contributed by atoms with Gasteiger partial charge in [-0.2, -0.15) is 5.10 Å². The van der Waals surface area contributed by atoms with Crippen LogP contribution in [0.5, 0.6) is 0 Å². The Morgan fingerprint density at radius 2 is 1.41 bits per heavy atom. The number of aromatic nitrogens is 3. The molecular weight excluding hydrogens is 520 g/mol. The Morgan fingerprint density at radius 3 is 2.05 bits per heavy atom. The fourth-order valence-corrected chi connectivity index (χ4v) is 4.45. The average molecular weight is 553 g/mol. The zero-order chi connectivity index (χ0) is 28.5. The lowest BCUT2D eigenvalue weighted by atomic mass is 10.0. The number of nitrogens with zero attached hydrogens (tertiary/aromatic N) is 3. The second kappa shape index (κ2) is 13.3. The largest absolute Gasteiger partial charge is 0.382 e. The lowest BCUT2D eigenvalue weighted by Crippen LogP contribution is -2.44. The van der Waals surface area contributed by atoms with Crippen molar-refractivity contribution < 1.29 is 24.1 Å². The predicted molar refractivity (Wildman–Crippen MR) is 154 cm³/mol. The summed E-state index contributed by atoms with van der Waals surface area (Å²) < 4.78 is 19.6. The van der Waals surface area contributed by atoms with E-state index in [1.165, 1.54) is 10.8 Å². The smallest absolute Gasteiger partial charge is 0.210 e. The standard InChI is InChI=1S/C32H32N4O5/c33-31-28-17-16-27(36(28)35-23-34-31)30(37)29(40-20-25-12-6-2-7-13-25)18-32(38,41-21-26-14-8-3-9-15-26)22-39-19-24-10-4-1-5-11-24/h1-17,23,29,38H,18-22H2,(H2,33,34,35)/t29-,32?/m1/s1. The summed E-state index contributed by atoms with van der Waals surface area (Å²) in [4.78, 5) is 17.9. The number of nitrogens with two attached hydrogens (primary N) is 1. The molecule has 5 aromatic rings. The molecule has 9 heteroatoms. The van der Waals surface area contributed by atoms with E-state index in [0.29, 0.717) is 5.52 Å². The first-order chi connectivity index (χ1) is 20.0. The molecule has 0 spiro atoms. The van der Waals surface area contributed by atoms with Crippen LogP contribution in [0.4, 0.5) is 5.82 Å².